The summed E-state index contributed by atoms with van der Waals surface area (Å²) in [5, 5.41) is 10.3. The molecule has 0 spiro atoms. The van der Waals surface area contributed by atoms with Crippen molar-refractivity contribution < 1.29 is 47.9 Å². The molecule has 36 heavy (non-hydrogen) atoms. The largest absolute Gasteiger partial charge is 0.493 e. The molecular formula is C26H34O10. The van der Waals surface area contributed by atoms with Gasteiger partial charge in [0, 0.05) is 16.7 Å². The van der Waals surface area contributed by atoms with Crippen LogP contribution in [-0.4, -0.2) is 54.7 Å². The Kier molecular flexibility index (Phi) is 9.52. The average molecular weight is 507 g/mol. The van der Waals surface area contributed by atoms with Crippen LogP contribution in [0.3, 0.4) is 0 Å². The Morgan fingerprint density at radius 2 is 1.64 bits per heavy atom. The molecule has 0 bridgehead atoms. The van der Waals surface area contributed by atoms with Crippen molar-refractivity contribution >= 4 is 17.9 Å². The van der Waals surface area contributed by atoms with Crippen molar-refractivity contribution in [1.82, 2.24) is 0 Å². The number of rotatable bonds is 10. The third kappa shape index (κ3) is 6.17. The number of fused-ring (bicyclic) bond motifs is 1. The fraction of sp³-hybridized carbons (Fsp3) is 0.500. The summed E-state index contributed by atoms with van der Waals surface area (Å²) in [6.45, 7) is 10.5. The lowest BCUT2D eigenvalue weighted by Crippen LogP contribution is -2.51. The fourth-order valence-corrected chi connectivity index (χ4v) is 3.11. The van der Waals surface area contributed by atoms with E-state index >= 15 is 0 Å². The Bertz CT molecular complexity index is 1060. The van der Waals surface area contributed by atoms with E-state index in [1.165, 1.54) is 40.9 Å². The minimum Gasteiger partial charge on any atom is -0.493 e. The zero-order chi connectivity index (χ0) is 27.2. The van der Waals surface area contributed by atoms with Gasteiger partial charge < -0.3 is 33.5 Å². The van der Waals surface area contributed by atoms with Crippen molar-refractivity contribution in [3.05, 3.63) is 41.0 Å². The highest BCUT2D eigenvalue weighted by molar-refractivity contribution is 5.91. The first-order valence-electron chi connectivity index (χ1n) is 11.5. The quantitative estimate of drug-likeness (QED) is 0.286. The third-order valence-corrected chi connectivity index (χ3v) is 5.98. The van der Waals surface area contributed by atoms with E-state index in [1.807, 2.05) is 0 Å². The lowest BCUT2D eigenvalue weighted by atomic mass is 9.99. The minimum atomic E-state index is -2.02. The van der Waals surface area contributed by atoms with Gasteiger partial charge in [0.15, 0.2) is 17.6 Å². The Morgan fingerprint density at radius 1 is 1.03 bits per heavy atom. The highest BCUT2D eigenvalue weighted by Crippen LogP contribution is 2.44. The molecule has 2 rings (SSSR count). The molecule has 1 aromatic carbocycles. The average Bonchev–Trinajstić information content (AvgIpc) is 3.33. The Labute approximate surface area is 210 Å². The molecule has 0 fully saturated rings. The molecule has 0 amide bonds. The van der Waals surface area contributed by atoms with Gasteiger partial charge in [-0.15, -0.1) is 0 Å². The molecular weight excluding hydrogens is 472 g/mol. The van der Waals surface area contributed by atoms with Crippen LogP contribution in [-0.2, 0) is 28.6 Å². The van der Waals surface area contributed by atoms with Gasteiger partial charge in [-0.25, -0.2) is 14.4 Å². The maximum absolute atomic E-state index is 13.2. The molecule has 0 aromatic heterocycles. The number of aliphatic hydroxyl groups excluding tert-OH is 1. The molecule has 0 radical (unpaired) electrons. The van der Waals surface area contributed by atoms with E-state index < -0.39 is 41.8 Å². The maximum Gasteiger partial charge on any atom is 0.353 e. The van der Waals surface area contributed by atoms with Crippen LogP contribution in [0.25, 0.3) is 0 Å². The molecule has 0 unspecified atom stereocenters. The van der Waals surface area contributed by atoms with Crippen LogP contribution in [0.4, 0.5) is 0 Å². The van der Waals surface area contributed by atoms with Gasteiger partial charge >= 0.3 is 17.9 Å². The van der Waals surface area contributed by atoms with Gasteiger partial charge in [-0.05, 0) is 60.6 Å². The number of ether oxygens (including phenoxy) is 6. The number of esters is 3. The predicted octanol–water partition coefficient (Wildman–Crippen LogP) is 3.56. The summed E-state index contributed by atoms with van der Waals surface area (Å²) in [6.07, 6.45) is -0.473. The summed E-state index contributed by atoms with van der Waals surface area (Å²) in [4.78, 5) is 38.2. The van der Waals surface area contributed by atoms with Crippen molar-refractivity contribution in [3.8, 4) is 17.2 Å². The third-order valence-electron chi connectivity index (χ3n) is 5.98. The smallest absolute Gasteiger partial charge is 0.353 e. The second kappa shape index (κ2) is 11.9. The Morgan fingerprint density at radius 3 is 2.19 bits per heavy atom. The van der Waals surface area contributed by atoms with Gasteiger partial charge in [-0.1, -0.05) is 12.2 Å². The lowest BCUT2D eigenvalue weighted by molar-refractivity contribution is -0.198. The van der Waals surface area contributed by atoms with Crippen LogP contribution >= 0.6 is 0 Å². The van der Waals surface area contributed by atoms with Crippen LogP contribution in [0.2, 0.25) is 0 Å². The highest BCUT2D eigenvalue weighted by Gasteiger charge is 2.46. The SMILES string of the molecule is CC=C(C)C(=O)O[C@@H](c1cc(OC)c2c(c1)OCO2)[C@@H](C)OC(=O)[C@](C)(OC(=O)C(C)=CC)[C@H](C)O. The highest BCUT2D eigenvalue weighted by atomic mass is 16.7. The number of carbonyl (C=O) groups is 3. The molecule has 0 saturated heterocycles. The summed E-state index contributed by atoms with van der Waals surface area (Å²) in [5.74, 6) is -1.32. The van der Waals surface area contributed by atoms with E-state index in [0.717, 1.165) is 0 Å². The number of benzene rings is 1. The number of hydrogen-bond donors (Lipinski definition) is 1. The van der Waals surface area contributed by atoms with Crippen molar-refractivity contribution in [2.45, 2.75) is 72.4 Å². The monoisotopic (exact) mass is 506 g/mol. The van der Waals surface area contributed by atoms with E-state index in [4.69, 9.17) is 28.4 Å². The van der Waals surface area contributed by atoms with Crippen molar-refractivity contribution in [1.29, 1.82) is 0 Å². The fourth-order valence-electron chi connectivity index (χ4n) is 3.11. The topological polar surface area (TPSA) is 127 Å². The molecule has 1 aliphatic rings. The maximum atomic E-state index is 13.2. The molecule has 0 aliphatic carbocycles. The molecule has 10 nitrogen and oxygen atoms in total. The van der Waals surface area contributed by atoms with Gasteiger partial charge in [0.05, 0.1) is 7.11 Å². The molecule has 0 saturated carbocycles. The summed E-state index contributed by atoms with van der Waals surface area (Å²) in [6, 6.07) is 3.19. The number of carbonyl (C=O) groups excluding carboxylic acids is 3. The minimum absolute atomic E-state index is 0.00838. The normalized spacial score (nSPS) is 17.4. The van der Waals surface area contributed by atoms with Crippen molar-refractivity contribution in [2.24, 2.45) is 0 Å². The number of allylic oxidation sites excluding steroid dienone is 2. The van der Waals surface area contributed by atoms with Gasteiger partial charge in [-0.3, -0.25) is 0 Å². The molecule has 4 atom stereocenters. The van der Waals surface area contributed by atoms with E-state index in [1.54, 1.807) is 39.0 Å². The molecule has 10 heteroatoms. The molecule has 1 N–H and O–H groups in total. The molecule has 198 valence electrons. The lowest BCUT2D eigenvalue weighted by Gasteiger charge is -2.33. The standard InChI is InChI=1S/C26H34O10/c1-9-14(3)23(28)35-21(18-11-19(31-8)22-20(12-18)32-13-33-22)16(5)34-25(30)26(7,17(6)27)36-24(29)15(4)10-2/h9-12,16-17,21,27H,13H2,1-8H3/t16-,17+,21-,26-/m1/s1. The zero-order valence-corrected chi connectivity index (χ0v) is 21.9. The second-order valence-corrected chi connectivity index (χ2v) is 8.51. The molecule has 1 aliphatic heterocycles. The Hall–Kier alpha value is -3.53. The van der Waals surface area contributed by atoms with Crippen LogP contribution in [0.1, 0.15) is 60.1 Å². The van der Waals surface area contributed by atoms with Crippen LogP contribution in [0.5, 0.6) is 17.2 Å². The van der Waals surface area contributed by atoms with Gasteiger partial charge in [0.2, 0.25) is 18.1 Å². The number of methoxy groups -OCH3 is 1. The molecule has 1 heterocycles. The van der Waals surface area contributed by atoms with E-state index in [2.05, 4.69) is 0 Å². The summed E-state index contributed by atoms with van der Waals surface area (Å²) in [5.41, 5.74) is -1.01. The van der Waals surface area contributed by atoms with Crippen LogP contribution < -0.4 is 14.2 Å². The van der Waals surface area contributed by atoms with Crippen LogP contribution in [0, 0.1) is 0 Å². The number of aliphatic hydroxyl groups is 1. The second-order valence-electron chi connectivity index (χ2n) is 8.51. The van der Waals surface area contributed by atoms with E-state index in [-0.39, 0.29) is 12.4 Å². The van der Waals surface area contributed by atoms with Crippen molar-refractivity contribution in [3.63, 3.8) is 0 Å². The first-order chi connectivity index (χ1) is 16.9. The van der Waals surface area contributed by atoms with Gasteiger partial charge in [0.1, 0.15) is 12.2 Å². The zero-order valence-electron chi connectivity index (χ0n) is 21.9. The van der Waals surface area contributed by atoms with E-state index in [9.17, 15) is 19.5 Å². The summed E-state index contributed by atoms with van der Waals surface area (Å²) < 4.78 is 32.9. The van der Waals surface area contributed by atoms with E-state index in [0.29, 0.717) is 28.4 Å². The predicted molar refractivity (Wildman–Crippen MR) is 129 cm³/mol. The number of hydrogen-bond acceptors (Lipinski definition) is 10. The molecule has 1 aromatic rings. The first-order valence-corrected chi connectivity index (χ1v) is 11.5. The summed E-state index contributed by atoms with van der Waals surface area (Å²) >= 11 is 0. The van der Waals surface area contributed by atoms with Gasteiger partial charge in [0.25, 0.3) is 0 Å². The van der Waals surface area contributed by atoms with Crippen molar-refractivity contribution in [2.75, 3.05) is 13.9 Å². The summed E-state index contributed by atoms with van der Waals surface area (Å²) in [7, 11) is 1.45. The first kappa shape index (κ1) is 28.7. The van der Waals surface area contributed by atoms with Crippen LogP contribution in [0.15, 0.2) is 35.4 Å². The van der Waals surface area contributed by atoms with Gasteiger partial charge in [-0.2, -0.15) is 0 Å². The Balaban J connectivity index is 2.43.